The van der Waals surface area contributed by atoms with E-state index in [1.165, 1.54) is 44.5 Å². The SMILES string of the molecule is COc1cc(Cc2c(-c3ccc(CCN4CCC[C@@H]4CO)cc3)sc3cc(O)ccc23)ccc1CN1CCOCC1. The molecular formula is C34H40N2O4S. The van der Waals surface area contributed by atoms with E-state index in [9.17, 15) is 10.2 Å². The second-order valence-corrected chi connectivity index (χ2v) is 12.3. The fourth-order valence-corrected chi connectivity index (χ4v) is 7.53. The van der Waals surface area contributed by atoms with Crippen molar-refractivity contribution >= 4 is 21.4 Å². The first-order chi connectivity index (χ1) is 20.1. The quantitative estimate of drug-likeness (QED) is 0.254. The number of phenols is 1. The predicted molar refractivity (Wildman–Crippen MR) is 166 cm³/mol. The molecule has 2 aliphatic rings. The number of thiophene rings is 1. The van der Waals surface area contributed by atoms with E-state index in [0.717, 1.165) is 75.6 Å². The van der Waals surface area contributed by atoms with Gasteiger partial charge in [-0.15, -0.1) is 11.3 Å². The van der Waals surface area contributed by atoms with Crippen LogP contribution in [0.25, 0.3) is 20.5 Å². The van der Waals surface area contributed by atoms with Crippen molar-refractivity contribution in [3.63, 3.8) is 0 Å². The standard InChI is InChI=1S/C34H40N2O4S/c1-39-32-20-25(6-9-27(32)22-35-15-17-40-18-16-35)19-31-30-11-10-29(38)21-33(30)41-34(31)26-7-4-24(5-8-26)12-14-36-13-2-3-28(36)23-37/h4-11,20-21,28,37-38H,2-3,12-19,22-23H2,1H3/t28-/m1/s1. The Morgan fingerprint density at radius 1 is 0.976 bits per heavy atom. The van der Waals surface area contributed by atoms with Crippen LogP contribution < -0.4 is 4.74 Å². The highest BCUT2D eigenvalue weighted by atomic mass is 32.1. The molecular weight excluding hydrogens is 532 g/mol. The Labute approximate surface area is 246 Å². The van der Waals surface area contributed by atoms with Crippen molar-refractivity contribution in [2.45, 2.75) is 38.3 Å². The molecule has 0 spiro atoms. The molecule has 216 valence electrons. The molecule has 0 radical (unpaired) electrons. The van der Waals surface area contributed by atoms with Crippen LogP contribution in [-0.2, 0) is 24.1 Å². The van der Waals surface area contributed by atoms with Gasteiger partial charge in [-0.25, -0.2) is 0 Å². The molecule has 4 aromatic rings. The minimum Gasteiger partial charge on any atom is -0.508 e. The first-order valence-electron chi connectivity index (χ1n) is 14.8. The van der Waals surface area contributed by atoms with Gasteiger partial charge in [0, 0.05) is 47.4 Å². The normalized spacial score (nSPS) is 18.3. The van der Waals surface area contributed by atoms with E-state index in [1.54, 1.807) is 24.5 Å². The van der Waals surface area contributed by atoms with Gasteiger partial charge in [-0.2, -0.15) is 0 Å². The van der Waals surface area contributed by atoms with E-state index in [-0.39, 0.29) is 6.61 Å². The summed E-state index contributed by atoms with van der Waals surface area (Å²) in [6.45, 7) is 6.66. The third kappa shape index (κ3) is 6.45. The second-order valence-electron chi connectivity index (χ2n) is 11.3. The summed E-state index contributed by atoms with van der Waals surface area (Å²) in [5.74, 6) is 1.22. The monoisotopic (exact) mass is 572 g/mol. The Kier molecular flexibility index (Phi) is 8.89. The highest BCUT2D eigenvalue weighted by Gasteiger charge is 2.23. The largest absolute Gasteiger partial charge is 0.508 e. The minimum absolute atomic E-state index is 0.256. The smallest absolute Gasteiger partial charge is 0.123 e. The van der Waals surface area contributed by atoms with E-state index >= 15 is 0 Å². The Morgan fingerprint density at radius 2 is 1.78 bits per heavy atom. The zero-order valence-electron chi connectivity index (χ0n) is 23.8. The van der Waals surface area contributed by atoms with Gasteiger partial charge < -0.3 is 19.7 Å². The Bertz CT molecular complexity index is 1460. The van der Waals surface area contributed by atoms with Gasteiger partial charge in [0.1, 0.15) is 11.5 Å². The molecule has 0 aliphatic carbocycles. The van der Waals surface area contributed by atoms with Crippen LogP contribution in [0, 0.1) is 0 Å². The van der Waals surface area contributed by atoms with Crippen molar-refractivity contribution < 1.29 is 19.7 Å². The van der Waals surface area contributed by atoms with E-state index < -0.39 is 0 Å². The van der Waals surface area contributed by atoms with Crippen molar-refractivity contribution in [1.29, 1.82) is 0 Å². The molecule has 1 aromatic heterocycles. The summed E-state index contributed by atoms with van der Waals surface area (Å²) in [4.78, 5) is 6.08. The number of rotatable bonds is 10. The lowest BCUT2D eigenvalue weighted by atomic mass is 9.97. The van der Waals surface area contributed by atoms with Gasteiger partial charge in [0.2, 0.25) is 0 Å². The maximum Gasteiger partial charge on any atom is 0.123 e. The average Bonchev–Trinajstić information content (AvgIpc) is 3.61. The summed E-state index contributed by atoms with van der Waals surface area (Å²) in [5.41, 5.74) is 6.21. The minimum atomic E-state index is 0.256. The van der Waals surface area contributed by atoms with Crippen molar-refractivity contribution in [1.82, 2.24) is 9.80 Å². The number of fused-ring (bicyclic) bond motifs is 1. The molecule has 6 nitrogen and oxygen atoms in total. The molecule has 0 unspecified atom stereocenters. The summed E-state index contributed by atoms with van der Waals surface area (Å²) >= 11 is 1.74. The van der Waals surface area contributed by atoms with Gasteiger partial charge in [-0.05, 0) is 84.1 Å². The summed E-state index contributed by atoms with van der Waals surface area (Å²) < 4.78 is 12.5. The third-order valence-electron chi connectivity index (χ3n) is 8.62. The fourth-order valence-electron chi connectivity index (χ4n) is 6.27. The highest BCUT2D eigenvalue weighted by molar-refractivity contribution is 7.22. The van der Waals surface area contributed by atoms with Crippen LogP contribution in [0.1, 0.15) is 35.1 Å². The van der Waals surface area contributed by atoms with Gasteiger partial charge in [0.15, 0.2) is 0 Å². The van der Waals surface area contributed by atoms with Gasteiger partial charge in [0.05, 0.1) is 26.9 Å². The lowest BCUT2D eigenvalue weighted by Crippen LogP contribution is -2.35. The van der Waals surface area contributed by atoms with Crippen LogP contribution in [0.15, 0.2) is 60.7 Å². The number of nitrogens with zero attached hydrogens (tertiary/aromatic N) is 2. The number of aliphatic hydroxyl groups excluding tert-OH is 1. The first-order valence-corrected chi connectivity index (χ1v) is 15.6. The predicted octanol–water partition coefficient (Wildman–Crippen LogP) is 5.70. The zero-order chi connectivity index (χ0) is 28.2. The van der Waals surface area contributed by atoms with Gasteiger partial charge in [0.25, 0.3) is 0 Å². The average molecular weight is 573 g/mol. The Hall–Kier alpha value is -2.94. The molecule has 2 fully saturated rings. The molecule has 3 heterocycles. The fraction of sp³-hybridized carbons (Fsp3) is 0.412. The van der Waals surface area contributed by atoms with Crippen LogP contribution in [0.4, 0.5) is 0 Å². The molecule has 3 aromatic carbocycles. The summed E-state index contributed by atoms with van der Waals surface area (Å²) in [7, 11) is 1.76. The zero-order valence-corrected chi connectivity index (χ0v) is 24.7. The maximum absolute atomic E-state index is 10.2. The van der Waals surface area contributed by atoms with Crippen LogP contribution in [0.2, 0.25) is 0 Å². The van der Waals surface area contributed by atoms with Crippen LogP contribution in [0.5, 0.6) is 11.5 Å². The number of phenolic OH excluding ortho intramolecular Hbond substituents is 1. The van der Waals surface area contributed by atoms with Crippen LogP contribution in [0.3, 0.4) is 0 Å². The molecule has 2 saturated heterocycles. The van der Waals surface area contributed by atoms with Crippen LogP contribution in [-0.4, -0.2) is 79.2 Å². The summed E-state index contributed by atoms with van der Waals surface area (Å²) in [6.07, 6.45) is 4.05. The summed E-state index contributed by atoms with van der Waals surface area (Å²) in [6, 6.07) is 21.6. The molecule has 0 bridgehead atoms. The Balaban J connectivity index is 1.24. The highest BCUT2D eigenvalue weighted by Crippen LogP contribution is 2.41. The van der Waals surface area contributed by atoms with Gasteiger partial charge in [-0.1, -0.05) is 36.4 Å². The van der Waals surface area contributed by atoms with Gasteiger partial charge >= 0.3 is 0 Å². The van der Waals surface area contributed by atoms with Crippen molar-refractivity contribution in [3.05, 3.63) is 82.9 Å². The number of benzene rings is 3. The molecule has 41 heavy (non-hydrogen) atoms. The number of likely N-dealkylation sites (tertiary alicyclic amines) is 1. The number of aliphatic hydroxyl groups is 1. The first kappa shape index (κ1) is 28.2. The van der Waals surface area contributed by atoms with Crippen molar-refractivity contribution in [2.24, 2.45) is 0 Å². The van der Waals surface area contributed by atoms with E-state index in [1.807, 2.05) is 12.1 Å². The molecule has 2 N–H and O–H groups in total. The maximum atomic E-state index is 10.2. The number of aromatic hydroxyl groups is 1. The number of morpholine rings is 1. The third-order valence-corrected chi connectivity index (χ3v) is 9.86. The number of hydrogen-bond acceptors (Lipinski definition) is 7. The number of methoxy groups -OCH3 is 1. The summed E-state index contributed by atoms with van der Waals surface area (Å²) in [5, 5.41) is 21.0. The topological polar surface area (TPSA) is 65.4 Å². The van der Waals surface area contributed by atoms with Crippen molar-refractivity contribution in [2.75, 3.05) is 53.1 Å². The lowest BCUT2D eigenvalue weighted by molar-refractivity contribution is 0.0339. The van der Waals surface area contributed by atoms with Gasteiger partial charge in [-0.3, -0.25) is 9.80 Å². The Morgan fingerprint density at radius 3 is 2.56 bits per heavy atom. The number of ether oxygens (including phenoxy) is 2. The number of hydrogen-bond donors (Lipinski definition) is 2. The second kappa shape index (κ2) is 12.9. The van der Waals surface area contributed by atoms with Crippen molar-refractivity contribution in [3.8, 4) is 21.9 Å². The van der Waals surface area contributed by atoms with E-state index in [0.29, 0.717) is 11.8 Å². The molecule has 2 aliphatic heterocycles. The molecule has 0 amide bonds. The molecule has 6 rings (SSSR count). The molecule has 1 atom stereocenters. The lowest BCUT2D eigenvalue weighted by Gasteiger charge is -2.27. The molecule has 0 saturated carbocycles. The van der Waals surface area contributed by atoms with Crippen LogP contribution >= 0.6 is 11.3 Å². The van der Waals surface area contributed by atoms with E-state index in [4.69, 9.17) is 9.47 Å². The van der Waals surface area contributed by atoms with E-state index in [2.05, 4.69) is 52.3 Å². The molecule has 7 heteroatoms.